The number of nitrogens with zero attached hydrogens (tertiary/aromatic N) is 1. The highest BCUT2D eigenvalue weighted by Crippen LogP contribution is 2.33. The van der Waals surface area contributed by atoms with Crippen LogP contribution in [0.4, 0.5) is 8.78 Å². The van der Waals surface area contributed by atoms with Gasteiger partial charge < -0.3 is 4.98 Å². The summed E-state index contributed by atoms with van der Waals surface area (Å²) in [5.41, 5.74) is 4.06. The Morgan fingerprint density at radius 2 is 1.46 bits per heavy atom. The summed E-state index contributed by atoms with van der Waals surface area (Å²) < 4.78 is 27.2. The van der Waals surface area contributed by atoms with Gasteiger partial charge in [-0.15, -0.1) is 0 Å². The third-order valence-electron chi connectivity index (χ3n) is 4.08. The van der Waals surface area contributed by atoms with Crippen LogP contribution in [0.3, 0.4) is 0 Å². The maximum absolute atomic E-state index is 13.6. The van der Waals surface area contributed by atoms with Crippen LogP contribution < -0.4 is 0 Å². The van der Waals surface area contributed by atoms with E-state index in [9.17, 15) is 8.78 Å². The van der Waals surface area contributed by atoms with Gasteiger partial charge in [0, 0.05) is 16.7 Å². The van der Waals surface area contributed by atoms with Gasteiger partial charge in [0.2, 0.25) is 0 Å². The molecule has 0 spiro atoms. The van der Waals surface area contributed by atoms with Crippen molar-refractivity contribution in [3.05, 3.63) is 88.9 Å². The molecule has 26 heavy (non-hydrogen) atoms. The fraction of sp³-hybridized carbons (Fsp3) is 0. The summed E-state index contributed by atoms with van der Waals surface area (Å²) in [6.45, 7) is 0. The summed E-state index contributed by atoms with van der Waals surface area (Å²) in [4.78, 5) is 8.03. The minimum atomic E-state index is -0.331. The summed E-state index contributed by atoms with van der Waals surface area (Å²) in [7, 11) is 0. The molecule has 1 aromatic heterocycles. The van der Waals surface area contributed by atoms with E-state index in [1.165, 1.54) is 18.2 Å². The maximum atomic E-state index is 13.6. The highest BCUT2D eigenvalue weighted by Gasteiger charge is 2.16. The molecule has 0 radical (unpaired) electrons. The molecule has 2 nitrogen and oxygen atoms in total. The van der Waals surface area contributed by atoms with Gasteiger partial charge in [0.1, 0.15) is 17.5 Å². The highest BCUT2D eigenvalue weighted by molar-refractivity contribution is 9.10. The number of H-pyrrole nitrogens is 1. The number of aromatic nitrogens is 2. The monoisotopic (exact) mass is 410 g/mol. The lowest BCUT2D eigenvalue weighted by atomic mass is 10.1. The van der Waals surface area contributed by atoms with Crippen molar-refractivity contribution in [2.75, 3.05) is 0 Å². The second kappa shape index (κ2) is 6.84. The van der Waals surface area contributed by atoms with Crippen LogP contribution in [0.25, 0.3) is 33.9 Å². The first kappa shape index (κ1) is 16.7. The Balaban J connectivity index is 1.90. The Morgan fingerprint density at radius 1 is 0.769 bits per heavy atom. The van der Waals surface area contributed by atoms with Crippen molar-refractivity contribution in [2.24, 2.45) is 0 Å². The quantitative estimate of drug-likeness (QED) is 0.412. The van der Waals surface area contributed by atoms with Gasteiger partial charge in [0.05, 0.1) is 15.9 Å². The van der Waals surface area contributed by atoms with Crippen LogP contribution in [0.5, 0.6) is 0 Å². The van der Waals surface area contributed by atoms with Crippen LogP contribution >= 0.6 is 15.9 Å². The van der Waals surface area contributed by atoms with Crippen molar-refractivity contribution in [1.82, 2.24) is 9.97 Å². The van der Waals surface area contributed by atoms with Gasteiger partial charge in [-0.2, -0.15) is 0 Å². The lowest BCUT2D eigenvalue weighted by molar-refractivity contribution is 0.621. The molecule has 0 unspecified atom stereocenters. The average Bonchev–Trinajstić information content (AvgIpc) is 3.11. The van der Waals surface area contributed by atoms with Gasteiger partial charge >= 0.3 is 0 Å². The predicted octanol–water partition coefficient (Wildman–Crippen LogP) is 6.45. The van der Waals surface area contributed by atoms with E-state index in [-0.39, 0.29) is 11.6 Å². The summed E-state index contributed by atoms with van der Waals surface area (Å²) in [5, 5.41) is 0. The van der Waals surface area contributed by atoms with Crippen LogP contribution in [0.2, 0.25) is 0 Å². The minimum Gasteiger partial charge on any atom is -0.337 e. The van der Waals surface area contributed by atoms with E-state index in [2.05, 4.69) is 20.9 Å². The molecule has 1 heterocycles. The van der Waals surface area contributed by atoms with E-state index in [0.717, 1.165) is 28.1 Å². The van der Waals surface area contributed by atoms with Crippen molar-refractivity contribution >= 4 is 15.9 Å². The van der Waals surface area contributed by atoms with Crippen molar-refractivity contribution in [2.45, 2.75) is 0 Å². The lowest BCUT2D eigenvalue weighted by Crippen LogP contribution is -1.84. The zero-order chi connectivity index (χ0) is 18.1. The number of nitrogens with one attached hydrogen (secondary N) is 1. The SMILES string of the molecule is Fc1ccc(-c2[nH]c(-c3ccc(F)c(Br)c3)nc2-c2ccccc2)cc1. The predicted molar refractivity (Wildman–Crippen MR) is 103 cm³/mol. The van der Waals surface area contributed by atoms with Crippen molar-refractivity contribution < 1.29 is 8.78 Å². The first-order valence-electron chi connectivity index (χ1n) is 7.98. The van der Waals surface area contributed by atoms with E-state index in [1.807, 2.05) is 30.3 Å². The van der Waals surface area contributed by atoms with Crippen LogP contribution in [0.15, 0.2) is 77.3 Å². The largest absolute Gasteiger partial charge is 0.337 e. The molecule has 5 heteroatoms. The second-order valence-corrected chi connectivity index (χ2v) is 6.67. The van der Waals surface area contributed by atoms with Gasteiger partial charge in [0.25, 0.3) is 0 Å². The first-order chi connectivity index (χ1) is 12.6. The molecule has 0 aliphatic rings. The molecular formula is C21H13BrF2N2. The lowest BCUT2D eigenvalue weighted by Gasteiger charge is -2.03. The molecule has 128 valence electrons. The fourth-order valence-corrected chi connectivity index (χ4v) is 3.16. The third kappa shape index (κ3) is 3.18. The topological polar surface area (TPSA) is 28.7 Å². The number of hydrogen-bond donors (Lipinski definition) is 1. The zero-order valence-corrected chi connectivity index (χ0v) is 15.1. The van der Waals surface area contributed by atoms with Crippen LogP contribution in [0, 0.1) is 11.6 Å². The highest BCUT2D eigenvalue weighted by atomic mass is 79.9. The van der Waals surface area contributed by atoms with Crippen molar-refractivity contribution in [3.8, 4) is 33.9 Å². The molecule has 0 aliphatic carbocycles. The number of imidazole rings is 1. The molecule has 0 saturated heterocycles. The number of benzene rings is 3. The van der Waals surface area contributed by atoms with E-state index >= 15 is 0 Å². The number of halogens is 3. The number of aromatic amines is 1. The number of rotatable bonds is 3. The Labute approximate surface area is 157 Å². The Morgan fingerprint density at radius 3 is 2.15 bits per heavy atom. The molecule has 0 amide bonds. The molecule has 4 aromatic rings. The summed E-state index contributed by atoms with van der Waals surface area (Å²) in [6, 6.07) is 20.7. The van der Waals surface area contributed by atoms with Gasteiger partial charge in [-0.05, 0) is 58.4 Å². The van der Waals surface area contributed by atoms with E-state index in [1.54, 1.807) is 24.3 Å². The zero-order valence-electron chi connectivity index (χ0n) is 13.5. The molecule has 0 bridgehead atoms. The molecule has 0 saturated carbocycles. The molecular weight excluding hydrogens is 398 g/mol. The summed E-state index contributed by atoms with van der Waals surface area (Å²) in [5.74, 6) is -0.0107. The van der Waals surface area contributed by atoms with Gasteiger partial charge in [0.15, 0.2) is 0 Å². The normalized spacial score (nSPS) is 10.9. The smallest absolute Gasteiger partial charge is 0.138 e. The standard InChI is InChI=1S/C21H13BrF2N2/c22-17-12-15(8-11-18(17)24)21-25-19(13-4-2-1-3-5-13)20(26-21)14-6-9-16(23)10-7-14/h1-12H,(H,25,26). The third-order valence-corrected chi connectivity index (χ3v) is 4.68. The Kier molecular flexibility index (Phi) is 4.39. The Bertz CT molecular complexity index is 1060. The Hall–Kier alpha value is -2.79. The molecule has 0 aliphatic heterocycles. The second-order valence-electron chi connectivity index (χ2n) is 5.81. The summed E-state index contributed by atoms with van der Waals surface area (Å²) in [6.07, 6.45) is 0. The van der Waals surface area contributed by atoms with E-state index in [0.29, 0.717) is 10.3 Å². The van der Waals surface area contributed by atoms with Gasteiger partial charge in [-0.1, -0.05) is 30.3 Å². The average molecular weight is 411 g/mol. The first-order valence-corrected chi connectivity index (χ1v) is 8.78. The van der Waals surface area contributed by atoms with Crippen LogP contribution in [0.1, 0.15) is 0 Å². The van der Waals surface area contributed by atoms with Crippen LogP contribution in [-0.2, 0) is 0 Å². The molecule has 1 N–H and O–H groups in total. The van der Waals surface area contributed by atoms with E-state index < -0.39 is 0 Å². The molecule has 4 rings (SSSR count). The van der Waals surface area contributed by atoms with E-state index in [4.69, 9.17) is 4.98 Å². The molecule has 0 atom stereocenters. The minimum absolute atomic E-state index is 0.294. The fourth-order valence-electron chi connectivity index (χ4n) is 2.78. The van der Waals surface area contributed by atoms with Crippen molar-refractivity contribution in [1.29, 1.82) is 0 Å². The molecule has 0 fully saturated rings. The van der Waals surface area contributed by atoms with Gasteiger partial charge in [-0.25, -0.2) is 13.8 Å². The van der Waals surface area contributed by atoms with Crippen LogP contribution in [-0.4, -0.2) is 9.97 Å². The molecule has 3 aromatic carbocycles. The van der Waals surface area contributed by atoms with Crippen molar-refractivity contribution in [3.63, 3.8) is 0 Å². The maximum Gasteiger partial charge on any atom is 0.138 e. The summed E-state index contributed by atoms with van der Waals surface area (Å²) >= 11 is 3.21. The number of hydrogen-bond acceptors (Lipinski definition) is 1. The van der Waals surface area contributed by atoms with Gasteiger partial charge in [-0.3, -0.25) is 0 Å².